The molecule has 3 aromatic heterocycles. The number of aromatic nitrogens is 3. The Kier molecular flexibility index (Phi) is 5.34. The van der Waals surface area contributed by atoms with Crippen LogP contribution in [-0.2, 0) is 0 Å². The van der Waals surface area contributed by atoms with Gasteiger partial charge in [-0.3, -0.25) is 4.79 Å². The second-order valence-corrected chi connectivity index (χ2v) is 9.56. The number of nitrogens with zero attached hydrogens (tertiary/aromatic N) is 1. The van der Waals surface area contributed by atoms with Crippen LogP contribution < -0.4 is 5.56 Å². The van der Waals surface area contributed by atoms with E-state index in [-0.39, 0.29) is 5.56 Å². The van der Waals surface area contributed by atoms with Gasteiger partial charge >= 0.3 is 0 Å². The monoisotopic (exact) mass is 505 g/mol. The summed E-state index contributed by atoms with van der Waals surface area (Å²) < 4.78 is 2.33. The molecule has 188 valence electrons. The lowest BCUT2D eigenvalue weighted by Crippen LogP contribution is -2.05. The van der Waals surface area contributed by atoms with Gasteiger partial charge in [-0.2, -0.15) is 0 Å². The van der Waals surface area contributed by atoms with Crippen LogP contribution in [0.1, 0.15) is 13.8 Å². The zero-order valence-electron chi connectivity index (χ0n) is 21.8. The zero-order chi connectivity index (χ0) is 26.5. The fourth-order valence-electron chi connectivity index (χ4n) is 5.82. The van der Waals surface area contributed by atoms with E-state index in [0.29, 0.717) is 5.52 Å². The van der Waals surface area contributed by atoms with E-state index >= 15 is 0 Å². The predicted octanol–water partition coefficient (Wildman–Crippen LogP) is 8.95. The van der Waals surface area contributed by atoms with Crippen LogP contribution in [0.25, 0.3) is 71.3 Å². The van der Waals surface area contributed by atoms with Crippen LogP contribution in [0, 0.1) is 0 Å². The minimum Gasteiger partial charge on any atom is -0.350 e. The maximum absolute atomic E-state index is 12.8. The Morgan fingerprint density at radius 2 is 1.15 bits per heavy atom. The predicted molar refractivity (Wildman–Crippen MR) is 165 cm³/mol. The van der Waals surface area contributed by atoms with E-state index in [2.05, 4.69) is 106 Å². The Bertz CT molecular complexity index is 2220. The van der Waals surface area contributed by atoms with Gasteiger partial charge in [0.15, 0.2) is 0 Å². The second-order valence-electron chi connectivity index (χ2n) is 9.56. The minimum absolute atomic E-state index is 0.0957. The number of fused-ring (bicyclic) bond motifs is 8. The quantitative estimate of drug-likeness (QED) is 0.242. The lowest BCUT2D eigenvalue weighted by atomic mass is 10.00. The zero-order valence-corrected chi connectivity index (χ0v) is 21.8. The first-order valence-electron chi connectivity index (χ1n) is 13.4. The highest BCUT2D eigenvalue weighted by atomic mass is 16.1. The number of hydrogen-bond donors (Lipinski definition) is 2. The molecule has 0 aliphatic carbocycles. The fourth-order valence-corrected chi connectivity index (χ4v) is 5.82. The Labute approximate surface area is 225 Å². The van der Waals surface area contributed by atoms with Crippen molar-refractivity contribution in [3.05, 3.63) is 126 Å². The highest BCUT2D eigenvalue weighted by Gasteiger charge is 2.15. The molecule has 0 unspecified atom stereocenters. The molecule has 2 N–H and O–H groups in total. The third kappa shape index (κ3) is 3.49. The van der Waals surface area contributed by atoms with Gasteiger partial charge in [-0.1, -0.05) is 80.6 Å². The number of hydrogen-bond acceptors (Lipinski definition) is 1. The van der Waals surface area contributed by atoms with Gasteiger partial charge in [0.25, 0.3) is 5.56 Å². The van der Waals surface area contributed by atoms with E-state index in [1.807, 2.05) is 38.1 Å². The van der Waals surface area contributed by atoms with Crippen LogP contribution in [0.5, 0.6) is 0 Å². The van der Waals surface area contributed by atoms with Crippen molar-refractivity contribution >= 4 is 54.5 Å². The number of para-hydroxylation sites is 3. The molecule has 4 heteroatoms. The largest absolute Gasteiger partial charge is 0.350 e. The third-order valence-corrected chi connectivity index (χ3v) is 7.49. The standard InChI is InChI=1S/C33H21N3O.C2H6/c37-33-32-31(24-11-4-6-12-27(24)35-33)26-19-20(14-16-28(26)34-32)21-15-17-30-25(18-21)23-10-5-7-13-29(23)36(30)22-8-2-1-3-9-22;1-2/h1-19,34H,(H,35,37);1-2H3. The van der Waals surface area contributed by atoms with Gasteiger partial charge in [0.2, 0.25) is 0 Å². The Morgan fingerprint density at radius 3 is 1.97 bits per heavy atom. The number of H-pyrrole nitrogens is 2. The van der Waals surface area contributed by atoms with E-state index in [4.69, 9.17) is 0 Å². The maximum atomic E-state index is 12.8. The molecule has 4 nitrogen and oxygen atoms in total. The van der Waals surface area contributed by atoms with Crippen molar-refractivity contribution in [2.24, 2.45) is 0 Å². The molecule has 8 aromatic rings. The number of rotatable bonds is 2. The lowest BCUT2D eigenvalue weighted by Gasteiger charge is -2.08. The first kappa shape index (κ1) is 23.1. The van der Waals surface area contributed by atoms with E-state index < -0.39 is 0 Å². The fraction of sp³-hybridized carbons (Fsp3) is 0.0571. The molecular formula is C35H27N3O. The molecule has 5 aromatic carbocycles. The van der Waals surface area contributed by atoms with Crippen LogP contribution >= 0.6 is 0 Å². The summed E-state index contributed by atoms with van der Waals surface area (Å²) in [5.74, 6) is 0. The van der Waals surface area contributed by atoms with E-state index in [1.54, 1.807) is 0 Å². The van der Waals surface area contributed by atoms with Crippen LogP contribution in [0.3, 0.4) is 0 Å². The molecule has 0 aliphatic heterocycles. The summed E-state index contributed by atoms with van der Waals surface area (Å²) in [4.78, 5) is 19.2. The smallest absolute Gasteiger partial charge is 0.272 e. The van der Waals surface area contributed by atoms with Crippen LogP contribution in [0.4, 0.5) is 0 Å². The Balaban J connectivity index is 0.00000124. The van der Waals surface area contributed by atoms with Gasteiger partial charge in [-0.25, -0.2) is 0 Å². The van der Waals surface area contributed by atoms with Crippen LogP contribution in [-0.4, -0.2) is 14.5 Å². The first-order valence-corrected chi connectivity index (χ1v) is 13.4. The molecule has 0 aliphatic rings. The summed E-state index contributed by atoms with van der Waals surface area (Å²) in [6, 6.07) is 40.2. The average Bonchev–Trinajstić information content (AvgIpc) is 3.55. The number of aromatic amines is 2. The van der Waals surface area contributed by atoms with Gasteiger partial charge in [0.1, 0.15) is 5.52 Å². The normalized spacial score (nSPS) is 11.4. The van der Waals surface area contributed by atoms with Crippen molar-refractivity contribution in [3.8, 4) is 16.8 Å². The number of pyridine rings is 1. The molecule has 0 fully saturated rings. The van der Waals surface area contributed by atoms with Crippen molar-refractivity contribution in [1.29, 1.82) is 0 Å². The molecule has 39 heavy (non-hydrogen) atoms. The summed E-state index contributed by atoms with van der Waals surface area (Å²) in [6.07, 6.45) is 0. The summed E-state index contributed by atoms with van der Waals surface area (Å²) in [6.45, 7) is 4.00. The summed E-state index contributed by atoms with van der Waals surface area (Å²) >= 11 is 0. The van der Waals surface area contributed by atoms with Gasteiger partial charge in [0.05, 0.1) is 11.0 Å². The molecule has 0 saturated carbocycles. The van der Waals surface area contributed by atoms with Crippen LogP contribution in [0.2, 0.25) is 0 Å². The van der Waals surface area contributed by atoms with Crippen molar-refractivity contribution < 1.29 is 0 Å². The van der Waals surface area contributed by atoms with Crippen LogP contribution in [0.15, 0.2) is 120 Å². The molecule has 0 atom stereocenters. The first-order chi connectivity index (χ1) is 19.3. The molecule has 0 amide bonds. The molecule has 0 bridgehead atoms. The van der Waals surface area contributed by atoms with E-state index in [0.717, 1.165) is 44.0 Å². The SMILES string of the molecule is CC.O=c1[nH]c2ccccc2c2c1[nH]c1ccc(-c3ccc4c(c3)c3ccccc3n4-c3ccccc3)cc12. The van der Waals surface area contributed by atoms with Gasteiger partial charge in [-0.05, 0) is 59.7 Å². The summed E-state index contributed by atoms with van der Waals surface area (Å²) in [5, 5.41) is 5.52. The van der Waals surface area contributed by atoms with Gasteiger partial charge in [0, 0.05) is 43.7 Å². The topological polar surface area (TPSA) is 53.6 Å². The van der Waals surface area contributed by atoms with Gasteiger partial charge in [-0.15, -0.1) is 0 Å². The molecule has 8 rings (SSSR count). The van der Waals surface area contributed by atoms with Gasteiger partial charge < -0.3 is 14.5 Å². The second kappa shape index (κ2) is 9.03. The molecule has 0 saturated heterocycles. The lowest BCUT2D eigenvalue weighted by molar-refractivity contribution is 1.18. The molecular weight excluding hydrogens is 478 g/mol. The number of benzene rings is 5. The van der Waals surface area contributed by atoms with E-state index in [9.17, 15) is 4.79 Å². The minimum atomic E-state index is -0.0957. The molecule has 0 radical (unpaired) electrons. The van der Waals surface area contributed by atoms with Crippen molar-refractivity contribution in [2.75, 3.05) is 0 Å². The van der Waals surface area contributed by atoms with Crippen molar-refractivity contribution in [3.63, 3.8) is 0 Å². The highest BCUT2D eigenvalue weighted by Crippen LogP contribution is 2.37. The summed E-state index contributed by atoms with van der Waals surface area (Å²) in [5.41, 5.74) is 8.13. The number of nitrogens with one attached hydrogen (secondary N) is 2. The maximum Gasteiger partial charge on any atom is 0.272 e. The highest BCUT2D eigenvalue weighted by molar-refractivity contribution is 6.19. The third-order valence-electron chi connectivity index (χ3n) is 7.49. The average molecular weight is 506 g/mol. The Morgan fingerprint density at radius 1 is 0.538 bits per heavy atom. The van der Waals surface area contributed by atoms with E-state index in [1.165, 1.54) is 21.8 Å². The summed E-state index contributed by atoms with van der Waals surface area (Å²) in [7, 11) is 0. The van der Waals surface area contributed by atoms with Crippen molar-refractivity contribution in [1.82, 2.24) is 14.5 Å². The Hall–Kier alpha value is -5.09. The van der Waals surface area contributed by atoms with Crippen molar-refractivity contribution in [2.45, 2.75) is 13.8 Å². The molecule has 0 spiro atoms. The molecule has 3 heterocycles.